The van der Waals surface area contributed by atoms with Crippen LogP contribution in [-0.2, 0) is 24.4 Å². The Morgan fingerprint density at radius 1 is 0.744 bits per heavy atom. The predicted molar refractivity (Wildman–Crippen MR) is 166 cm³/mol. The van der Waals surface area contributed by atoms with E-state index in [0.717, 1.165) is 28.5 Å². The number of hydrogen-bond acceptors (Lipinski definition) is 8. The second-order valence-electron chi connectivity index (χ2n) is 9.78. The lowest BCUT2D eigenvalue weighted by atomic mass is 10.1. The summed E-state index contributed by atoms with van der Waals surface area (Å²) >= 11 is 1.04. The molecule has 2 aromatic heterocycles. The molecule has 8 nitrogen and oxygen atoms in total. The molecule has 1 aliphatic heterocycles. The Bertz CT molecular complexity index is 1740. The predicted octanol–water partition coefficient (Wildman–Crippen LogP) is 7.39. The van der Waals surface area contributed by atoms with Gasteiger partial charge in [-0.15, -0.1) is 0 Å². The third-order valence-electron chi connectivity index (χ3n) is 6.63. The second kappa shape index (κ2) is 13.2. The minimum Gasteiger partial charge on any atom is -0.487 e. The third kappa shape index (κ3) is 7.38. The van der Waals surface area contributed by atoms with Crippen LogP contribution in [0.2, 0.25) is 0 Å². The summed E-state index contributed by atoms with van der Waals surface area (Å²) in [4.78, 5) is 35.8. The van der Waals surface area contributed by atoms with E-state index >= 15 is 0 Å². The van der Waals surface area contributed by atoms with Crippen molar-refractivity contribution in [3.8, 4) is 5.75 Å². The molecule has 0 N–H and O–H groups in total. The number of nitrogens with zero attached hydrogens (tertiary/aromatic N) is 3. The van der Waals surface area contributed by atoms with Crippen LogP contribution in [0.5, 0.6) is 5.75 Å². The zero-order chi connectivity index (χ0) is 29.4. The zero-order valence-corrected chi connectivity index (χ0v) is 23.9. The van der Waals surface area contributed by atoms with E-state index in [9.17, 15) is 9.59 Å². The van der Waals surface area contributed by atoms with Crippen LogP contribution in [0.4, 0.5) is 4.79 Å². The first-order valence-corrected chi connectivity index (χ1v) is 14.6. The average Bonchev–Trinajstić information content (AvgIpc) is 3.76. The Balaban J connectivity index is 0.988. The lowest BCUT2D eigenvalue weighted by Gasteiger charge is -2.12. The quantitative estimate of drug-likeness (QED) is 0.157. The summed E-state index contributed by atoms with van der Waals surface area (Å²) in [5.74, 6) is 1.35. The highest BCUT2D eigenvalue weighted by Gasteiger charge is 2.39. The highest BCUT2D eigenvalue weighted by molar-refractivity contribution is 8.15. The number of oxazole rings is 2. The number of ether oxygens (including phenoxy) is 1. The van der Waals surface area contributed by atoms with Crippen LogP contribution in [0.15, 0.2) is 106 Å². The molecule has 6 rings (SSSR count). The maximum absolute atomic E-state index is 13.1. The molecule has 1 aliphatic rings. The third-order valence-corrected chi connectivity index (χ3v) is 7.71. The van der Waals surface area contributed by atoms with E-state index in [1.807, 2.05) is 103 Å². The smallest absolute Gasteiger partial charge is 0.289 e. The van der Waals surface area contributed by atoms with Crippen LogP contribution >= 0.6 is 11.8 Å². The summed E-state index contributed by atoms with van der Waals surface area (Å²) in [5, 5.41) is -0.786. The first-order valence-electron chi connectivity index (χ1n) is 13.7. The summed E-state index contributed by atoms with van der Waals surface area (Å²) in [6, 6.07) is 27.2. The number of benzene rings is 3. The molecular formula is C34H27N3O5S. The van der Waals surface area contributed by atoms with Crippen molar-refractivity contribution in [1.29, 1.82) is 0 Å². The van der Waals surface area contributed by atoms with Gasteiger partial charge in [0.2, 0.25) is 17.7 Å². The van der Waals surface area contributed by atoms with Crippen molar-refractivity contribution in [2.75, 3.05) is 0 Å². The van der Waals surface area contributed by atoms with E-state index in [1.54, 1.807) is 12.3 Å². The monoisotopic (exact) mass is 589 g/mol. The van der Waals surface area contributed by atoms with Crippen molar-refractivity contribution >= 4 is 47.2 Å². The fourth-order valence-electron chi connectivity index (χ4n) is 4.43. The van der Waals surface area contributed by atoms with Gasteiger partial charge in [0.1, 0.15) is 30.6 Å². The second-order valence-corrected chi connectivity index (χ2v) is 10.9. The van der Waals surface area contributed by atoms with Crippen molar-refractivity contribution in [1.82, 2.24) is 14.9 Å². The fraction of sp³-hybridized carbons (Fsp3) is 0.118. The van der Waals surface area contributed by atoms with E-state index in [0.29, 0.717) is 35.3 Å². The Kier molecular flexibility index (Phi) is 8.61. The summed E-state index contributed by atoms with van der Waals surface area (Å²) in [6.07, 6.45) is 10.9. The average molecular weight is 590 g/mol. The molecule has 1 fully saturated rings. The standard InChI is InChI=1S/C34H27N3O5S/c38-33-30(43-34(39)37(33)20-27-21-41-31(35-27)17-13-24-7-3-1-4-8-24)19-26-11-15-29(16-12-26)40-22-28-23-42-32(36-28)18-14-25-9-5-2-6-10-25/h1-18,21,23,30H,19-20,22H2. The minimum atomic E-state index is -0.499. The van der Waals surface area contributed by atoms with Gasteiger partial charge >= 0.3 is 0 Å². The number of carbonyl (C=O) groups excluding carboxylic acids is 2. The number of thioether (sulfide) groups is 1. The van der Waals surface area contributed by atoms with E-state index in [1.165, 1.54) is 11.2 Å². The molecule has 3 heterocycles. The maximum atomic E-state index is 13.1. The zero-order valence-electron chi connectivity index (χ0n) is 23.0. The molecule has 0 saturated carbocycles. The van der Waals surface area contributed by atoms with Crippen LogP contribution in [0.3, 0.4) is 0 Å². The van der Waals surface area contributed by atoms with Crippen LogP contribution in [0.25, 0.3) is 24.3 Å². The van der Waals surface area contributed by atoms with Gasteiger partial charge in [0, 0.05) is 12.2 Å². The van der Waals surface area contributed by atoms with Gasteiger partial charge < -0.3 is 13.6 Å². The number of aromatic nitrogens is 2. The summed E-state index contributed by atoms with van der Waals surface area (Å²) < 4.78 is 16.9. The molecule has 0 aliphatic carbocycles. The number of carbonyl (C=O) groups is 2. The molecule has 1 atom stereocenters. The molecule has 1 unspecified atom stereocenters. The molecule has 214 valence electrons. The van der Waals surface area contributed by atoms with Crippen LogP contribution in [0, 0.1) is 0 Å². The molecule has 0 radical (unpaired) electrons. The Hall–Kier alpha value is -5.15. The van der Waals surface area contributed by atoms with Crippen molar-refractivity contribution in [3.63, 3.8) is 0 Å². The Labute approximate surface area is 252 Å². The summed E-state index contributed by atoms with van der Waals surface area (Å²) in [6.45, 7) is 0.330. The van der Waals surface area contributed by atoms with Crippen LogP contribution in [0.1, 0.15) is 39.9 Å². The van der Waals surface area contributed by atoms with Gasteiger partial charge in [-0.25, -0.2) is 9.97 Å². The van der Waals surface area contributed by atoms with Gasteiger partial charge in [-0.2, -0.15) is 0 Å². The number of amides is 2. The SMILES string of the molecule is O=C1SC(Cc2ccc(OCc3coc(C=Cc4ccccc4)n3)cc2)C(=O)N1Cc1coc(C=Cc2ccccc2)n1. The lowest BCUT2D eigenvalue weighted by Crippen LogP contribution is -2.31. The Morgan fingerprint density at radius 2 is 1.33 bits per heavy atom. The van der Waals surface area contributed by atoms with Gasteiger partial charge in [-0.05, 0) is 47.4 Å². The maximum Gasteiger partial charge on any atom is 0.289 e. The van der Waals surface area contributed by atoms with Gasteiger partial charge in [0.05, 0.1) is 17.5 Å². The molecule has 9 heteroatoms. The van der Waals surface area contributed by atoms with E-state index in [2.05, 4.69) is 9.97 Å². The highest BCUT2D eigenvalue weighted by atomic mass is 32.2. The molecule has 5 aromatic rings. The molecule has 2 amide bonds. The summed E-state index contributed by atoms with van der Waals surface area (Å²) in [5.41, 5.74) is 4.20. The molecule has 43 heavy (non-hydrogen) atoms. The van der Waals surface area contributed by atoms with Gasteiger partial charge in [0.15, 0.2) is 0 Å². The van der Waals surface area contributed by atoms with Crippen molar-refractivity contribution in [3.05, 3.63) is 137 Å². The van der Waals surface area contributed by atoms with Gasteiger partial charge in [0.25, 0.3) is 5.24 Å². The van der Waals surface area contributed by atoms with E-state index < -0.39 is 5.25 Å². The Morgan fingerprint density at radius 3 is 1.95 bits per heavy atom. The van der Waals surface area contributed by atoms with Crippen LogP contribution in [-0.4, -0.2) is 31.3 Å². The lowest BCUT2D eigenvalue weighted by molar-refractivity contribution is -0.127. The van der Waals surface area contributed by atoms with Crippen molar-refractivity contribution in [2.45, 2.75) is 24.8 Å². The van der Waals surface area contributed by atoms with E-state index in [4.69, 9.17) is 13.6 Å². The summed E-state index contributed by atoms with van der Waals surface area (Å²) in [7, 11) is 0. The largest absolute Gasteiger partial charge is 0.487 e. The van der Waals surface area contributed by atoms with Crippen molar-refractivity contribution in [2.24, 2.45) is 0 Å². The normalized spacial score (nSPS) is 15.3. The van der Waals surface area contributed by atoms with E-state index in [-0.39, 0.29) is 24.3 Å². The number of rotatable bonds is 11. The molecule has 3 aromatic carbocycles. The molecule has 1 saturated heterocycles. The number of imide groups is 1. The fourth-order valence-corrected chi connectivity index (χ4v) is 5.46. The topological polar surface area (TPSA) is 98.7 Å². The first-order chi connectivity index (χ1) is 21.1. The minimum absolute atomic E-state index is 0.0719. The van der Waals surface area contributed by atoms with Crippen LogP contribution < -0.4 is 4.74 Å². The van der Waals surface area contributed by atoms with Gasteiger partial charge in [-0.3, -0.25) is 14.5 Å². The first kappa shape index (κ1) is 28.0. The molecular weight excluding hydrogens is 562 g/mol. The van der Waals surface area contributed by atoms with Gasteiger partial charge in [-0.1, -0.05) is 84.6 Å². The molecule has 0 bridgehead atoms. The molecule has 0 spiro atoms. The van der Waals surface area contributed by atoms with Crippen molar-refractivity contribution < 1.29 is 23.2 Å². The number of hydrogen-bond donors (Lipinski definition) is 0. The highest BCUT2D eigenvalue weighted by Crippen LogP contribution is 2.31.